The van der Waals surface area contributed by atoms with Gasteiger partial charge in [0.1, 0.15) is 0 Å². The van der Waals surface area contributed by atoms with Gasteiger partial charge in [-0.1, -0.05) is 6.92 Å². The van der Waals surface area contributed by atoms with E-state index in [2.05, 4.69) is 27.7 Å². The third kappa shape index (κ3) is 3.03. The number of H-pyrrole nitrogens is 1. The first kappa shape index (κ1) is 12.0. The van der Waals surface area contributed by atoms with Crippen molar-refractivity contribution in [2.75, 3.05) is 19.6 Å². The minimum atomic E-state index is -0.0331. The average molecular weight is 237 g/mol. The van der Waals surface area contributed by atoms with Crippen LogP contribution in [-0.2, 0) is 0 Å². The van der Waals surface area contributed by atoms with Gasteiger partial charge in [0.25, 0.3) is 5.91 Å². The predicted octanol–water partition coefficient (Wildman–Crippen LogP) is 0.409. The van der Waals surface area contributed by atoms with Crippen molar-refractivity contribution in [1.82, 2.24) is 25.6 Å². The van der Waals surface area contributed by atoms with Gasteiger partial charge in [0, 0.05) is 19.1 Å². The number of carbonyl (C=O) groups excluding carboxylic acids is 1. The van der Waals surface area contributed by atoms with Crippen LogP contribution < -0.4 is 5.32 Å². The molecule has 1 saturated heterocycles. The van der Waals surface area contributed by atoms with E-state index in [0.717, 1.165) is 32.5 Å². The lowest BCUT2D eigenvalue weighted by atomic mass is 10.2. The first-order valence-corrected chi connectivity index (χ1v) is 6.19. The van der Waals surface area contributed by atoms with Gasteiger partial charge in [0.15, 0.2) is 5.69 Å². The molecule has 1 unspecified atom stereocenters. The SMILES string of the molecule is CCCN(CC1CCCN1)C(=O)c1cn[nH]n1. The normalized spacial score (nSPS) is 19.5. The summed E-state index contributed by atoms with van der Waals surface area (Å²) in [6.45, 7) is 4.66. The van der Waals surface area contributed by atoms with E-state index in [1.54, 1.807) is 0 Å². The van der Waals surface area contributed by atoms with E-state index in [0.29, 0.717) is 11.7 Å². The summed E-state index contributed by atoms with van der Waals surface area (Å²) in [7, 11) is 0. The number of hydrogen-bond acceptors (Lipinski definition) is 4. The highest BCUT2D eigenvalue weighted by molar-refractivity contribution is 5.91. The highest BCUT2D eigenvalue weighted by Crippen LogP contribution is 2.09. The molecule has 0 radical (unpaired) electrons. The summed E-state index contributed by atoms with van der Waals surface area (Å²) in [5, 5.41) is 13.4. The van der Waals surface area contributed by atoms with Crippen LogP contribution in [0.1, 0.15) is 36.7 Å². The van der Waals surface area contributed by atoms with Crippen LogP contribution in [0.3, 0.4) is 0 Å². The van der Waals surface area contributed by atoms with Crippen LogP contribution in [0.4, 0.5) is 0 Å². The van der Waals surface area contributed by atoms with Gasteiger partial charge >= 0.3 is 0 Å². The van der Waals surface area contributed by atoms with Crippen LogP contribution in [-0.4, -0.2) is 51.9 Å². The predicted molar refractivity (Wildman–Crippen MR) is 63.6 cm³/mol. The lowest BCUT2D eigenvalue weighted by Gasteiger charge is -2.24. The van der Waals surface area contributed by atoms with Crippen molar-refractivity contribution in [3.8, 4) is 0 Å². The van der Waals surface area contributed by atoms with Crippen molar-refractivity contribution in [3.05, 3.63) is 11.9 Å². The highest BCUT2D eigenvalue weighted by Gasteiger charge is 2.23. The van der Waals surface area contributed by atoms with Crippen LogP contribution >= 0.6 is 0 Å². The van der Waals surface area contributed by atoms with Gasteiger partial charge in [-0.2, -0.15) is 15.4 Å². The quantitative estimate of drug-likeness (QED) is 0.778. The standard InChI is InChI=1S/C11H19N5O/c1-2-6-16(8-9-4-3-5-12-9)11(17)10-7-13-15-14-10/h7,9,12H,2-6,8H2,1H3,(H,13,14,15). The van der Waals surface area contributed by atoms with E-state index in [9.17, 15) is 4.79 Å². The van der Waals surface area contributed by atoms with Crippen molar-refractivity contribution < 1.29 is 4.79 Å². The molecule has 17 heavy (non-hydrogen) atoms. The molecule has 1 aromatic heterocycles. The fourth-order valence-electron chi connectivity index (χ4n) is 2.19. The van der Waals surface area contributed by atoms with Gasteiger partial charge in [-0.25, -0.2) is 0 Å². The molecular formula is C11H19N5O. The molecule has 0 aliphatic carbocycles. The summed E-state index contributed by atoms with van der Waals surface area (Å²) >= 11 is 0. The summed E-state index contributed by atoms with van der Waals surface area (Å²) in [5.41, 5.74) is 0.399. The molecule has 0 saturated carbocycles. The van der Waals surface area contributed by atoms with Crippen molar-refractivity contribution in [2.45, 2.75) is 32.2 Å². The van der Waals surface area contributed by atoms with E-state index in [1.807, 2.05) is 4.90 Å². The Bertz CT molecular complexity index is 345. The van der Waals surface area contributed by atoms with E-state index in [4.69, 9.17) is 0 Å². The highest BCUT2D eigenvalue weighted by atomic mass is 16.2. The molecule has 0 bridgehead atoms. The maximum Gasteiger partial charge on any atom is 0.276 e. The largest absolute Gasteiger partial charge is 0.336 e. The number of hydrogen-bond donors (Lipinski definition) is 2. The summed E-state index contributed by atoms with van der Waals surface area (Å²) in [6, 6.07) is 0.428. The molecule has 6 nitrogen and oxygen atoms in total. The summed E-state index contributed by atoms with van der Waals surface area (Å²) < 4.78 is 0. The van der Waals surface area contributed by atoms with Crippen molar-refractivity contribution in [1.29, 1.82) is 0 Å². The van der Waals surface area contributed by atoms with E-state index in [1.165, 1.54) is 12.6 Å². The molecule has 2 rings (SSSR count). The first-order valence-electron chi connectivity index (χ1n) is 6.19. The average Bonchev–Trinajstić information content (AvgIpc) is 3.00. The summed E-state index contributed by atoms with van der Waals surface area (Å²) in [4.78, 5) is 14.0. The minimum absolute atomic E-state index is 0.0331. The van der Waals surface area contributed by atoms with Crippen LogP contribution in [0.2, 0.25) is 0 Å². The fraction of sp³-hybridized carbons (Fsp3) is 0.727. The molecule has 0 spiro atoms. The molecule has 1 aliphatic rings. The van der Waals surface area contributed by atoms with Gasteiger partial charge in [-0.3, -0.25) is 4.79 Å². The minimum Gasteiger partial charge on any atom is -0.336 e. The molecule has 2 N–H and O–H groups in total. The Morgan fingerprint density at radius 1 is 1.65 bits per heavy atom. The van der Waals surface area contributed by atoms with E-state index >= 15 is 0 Å². The van der Waals surface area contributed by atoms with Crippen LogP contribution in [0, 0.1) is 0 Å². The van der Waals surface area contributed by atoms with Crippen LogP contribution in [0.15, 0.2) is 6.20 Å². The van der Waals surface area contributed by atoms with E-state index < -0.39 is 0 Å². The Morgan fingerprint density at radius 3 is 3.12 bits per heavy atom. The maximum absolute atomic E-state index is 12.2. The monoisotopic (exact) mass is 237 g/mol. The number of amides is 1. The second-order valence-corrected chi connectivity index (χ2v) is 4.40. The first-order chi connectivity index (χ1) is 8.31. The fourth-order valence-corrected chi connectivity index (χ4v) is 2.19. The third-order valence-electron chi connectivity index (χ3n) is 3.02. The third-order valence-corrected chi connectivity index (χ3v) is 3.02. The Balaban J connectivity index is 1.98. The maximum atomic E-state index is 12.2. The van der Waals surface area contributed by atoms with Crippen molar-refractivity contribution >= 4 is 5.91 Å². The lowest BCUT2D eigenvalue weighted by Crippen LogP contribution is -2.41. The molecule has 1 aromatic rings. The molecule has 1 atom stereocenters. The molecular weight excluding hydrogens is 218 g/mol. The second-order valence-electron chi connectivity index (χ2n) is 4.40. The zero-order chi connectivity index (χ0) is 12.1. The zero-order valence-corrected chi connectivity index (χ0v) is 10.1. The molecule has 1 aliphatic heterocycles. The van der Waals surface area contributed by atoms with Gasteiger partial charge in [-0.05, 0) is 25.8 Å². The Morgan fingerprint density at radius 2 is 2.53 bits per heavy atom. The second kappa shape index (κ2) is 5.77. The Kier molecular flexibility index (Phi) is 4.08. The van der Waals surface area contributed by atoms with Gasteiger partial charge in [-0.15, -0.1) is 0 Å². The van der Waals surface area contributed by atoms with E-state index in [-0.39, 0.29) is 5.91 Å². The molecule has 1 fully saturated rings. The van der Waals surface area contributed by atoms with Crippen molar-refractivity contribution in [2.24, 2.45) is 0 Å². The molecule has 1 amide bonds. The Labute approximate surface area is 101 Å². The number of carbonyl (C=O) groups is 1. The number of aromatic nitrogens is 3. The number of nitrogens with zero attached hydrogens (tertiary/aromatic N) is 3. The lowest BCUT2D eigenvalue weighted by molar-refractivity contribution is 0.0736. The van der Waals surface area contributed by atoms with Crippen LogP contribution in [0.5, 0.6) is 0 Å². The topological polar surface area (TPSA) is 73.9 Å². The smallest absolute Gasteiger partial charge is 0.276 e. The van der Waals surface area contributed by atoms with Gasteiger partial charge in [0.2, 0.25) is 0 Å². The number of nitrogens with one attached hydrogen (secondary N) is 2. The summed E-state index contributed by atoms with van der Waals surface area (Å²) in [6.07, 6.45) is 4.78. The molecule has 0 aromatic carbocycles. The number of aromatic amines is 1. The molecule has 6 heteroatoms. The zero-order valence-electron chi connectivity index (χ0n) is 10.1. The van der Waals surface area contributed by atoms with Gasteiger partial charge < -0.3 is 10.2 Å². The van der Waals surface area contributed by atoms with Crippen molar-refractivity contribution in [3.63, 3.8) is 0 Å². The van der Waals surface area contributed by atoms with Gasteiger partial charge in [0.05, 0.1) is 6.20 Å². The molecule has 94 valence electrons. The molecule has 2 heterocycles. The Hall–Kier alpha value is -1.43. The number of rotatable bonds is 5. The van der Waals surface area contributed by atoms with Crippen LogP contribution in [0.25, 0.3) is 0 Å². The summed E-state index contributed by atoms with van der Waals surface area (Å²) in [5.74, 6) is -0.0331.